The molecule has 8 nitrogen and oxygen atoms in total. The van der Waals surface area contributed by atoms with Gasteiger partial charge in [0, 0.05) is 25.1 Å². The van der Waals surface area contributed by atoms with E-state index in [-0.39, 0.29) is 24.9 Å². The van der Waals surface area contributed by atoms with E-state index in [4.69, 9.17) is 14.2 Å². The second-order valence-electron chi connectivity index (χ2n) is 6.17. The quantitative estimate of drug-likeness (QED) is 0.655. The van der Waals surface area contributed by atoms with Crippen LogP contribution in [0.2, 0.25) is 0 Å². The van der Waals surface area contributed by atoms with Gasteiger partial charge in [-0.05, 0) is 5.92 Å². The number of anilines is 1. The lowest BCUT2D eigenvalue weighted by Gasteiger charge is -2.24. The van der Waals surface area contributed by atoms with Crippen molar-refractivity contribution in [2.45, 2.75) is 20.3 Å². The third kappa shape index (κ3) is 5.98. The summed E-state index contributed by atoms with van der Waals surface area (Å²) in [4.78, 5) is 11.8. The molecule has 0 unspecified atom stereocenters. The highest BCUT2D eigenvalue weighted by atomic mass is 32.2. The van der Waals surface area contributed by atoms with Gasteiger partial charge in [-0.1, -0.05) is 13.8 Å². The topological polar surface area (TPSA) is 94.2 Å². The van der Waals surface area contributed by atoms with Crippen molar-refractivity contribution in [2.75, 3.05) is 45.0 Å². The Morgan fingerprint density at radius 1 is 1.12 bits per heavy atom. The fourth-order valence-corrected chi connectivity index (χ4v) is 3.35. The molecule has 1 N–H and O–H groups in total. The highest BCUT2D eigenvalue weighted by molar-refractivity contribution is 7.92. The van der Waals surface area contributed by atoms with Crippen LogP contribution in [0.3, 0.4) is 0 Å². The van der Waals surface area contributed by atoms with Crippen LogP contribution in [0.4, 0.5) is 5.69 Å². The molecule has 0 saturated carbocycles. The number of nitrogens with zero attached hydrogens (tertiary/aromatic N) is 1. The van der Waals surface area contributed by atoms with E-state index in [1.54, 1.807) is 12.1 Å². The molecule has 1 aromatic rings. The van der Waals surface area contributed by atoms with Gasteiger partial charge in [-0.2, -0.15) is 0 Å². The molecule has 0 aromatic heterocycles. The Hall–Kier alpha value is -2.16. The van der Waals surface area contributed by atoms with E-state index in [0.29, 0.717) is 29.4 Å². The maximum atomic E-state index is 12.2. The summed E-state index contributed by atoms with van der Waals surface area (Å²) >= 11 is 0. The van der Waals surface area contributed by atoms with E-state index in [1.165, 1.54) is 25.6 Å². The fourth-order valence-electron chi connectivity index (χ4n) is 2.44. The third-order valence-corrected chi connectivity index (χ3v) is 4.76. The fraction of sp³-hybridized carbons (Fsp3) is 0.588. The van der Waals surface area contributed by atoms with Crippen LogP contribution >= 0.6 is 0 Å². The second-order valence-corrected chi connectivity index (χ2v) is 8.07. The van der Waals surface area contributed by atoms with Gasteiger partial charge in [-0.3, -0.25) is 9.10 Å². The van der Waals surface area contributed by atoms with Crippen molar-refractivity contribution in [1.29, 1.82) is 0 Å². The smallest absolute Gasteiger partial charge is 0.232 e. The Morgan fingerprint density at radius 3 is 2.04 bits per heavy atom. The number of rotatable bonds is 10. The maximum Gasteiger partial charge on any atom is 0.232 e. The summed E-state index contributed by atoms with van der Waals surface area (Å²) in [6.45, 7) is 4.16. The van der Waals surface area contributed by atoms with E-state index in [1.807, 2.05) is 13.8 Å². The summed E-state index contributed by atoms with van der Waals surface area (Å²) < 4.78 is 41.5. The van der Waals surface area contributed by atoms with Crippen LogP contribution in [0.15, 0.2) is 12.1 Å². The second kappa shape index (κ2) is 9.51. The van der Waals surface area contributed by atoms with Crippen LogP contribution in [0.1, 0.15) is 20.3 Å². The number of ether oxygens (including phenoxy) is 3. The summed E-state index contributed by atoms with van der Waals surface area (Å²) in [5, 5.41) is 2.73. The van der Waals surface area contributed by atoms with Crippen molar-refractivity contribution in [2.24, 2.45) is 5.92 Å². The molecular formula is C17H28N2O6S. The van der Waals surface area contributed by atoms with Gasteiger partial charge < -0.3 is 19.5 Å². The molecule has 0 aliphatic heterocycles. The van der Waals surface area contributed by atoms with Crippen LogP contribution in [-0.2, 0) is 14.8 Å². The number of nitrogens with one attached hydrogen (secondary N) is 1. The Labute approximate surface area is 155 Å². The van der Waals surface area contributed by atoms with Gasteiger partial charge in [-0.25, -0.2) is 8.42 Å². The zero-order valence-electron chi connectivity index (χ0n) is 16.2. The summed E-state index contributed by atoms with van der Waals surface area (Å²) in [6.07, 6.45) is 1.50. The minimum absolute atomic E-state index is 0.0846. The molecule has 1 aromatic carbocycles. The number of hydrogen-bond acceptors (Lipinski definition) is 6. The third-order valence-electron chi connectivity index (χ3n) is 3.57. The SMILES string of the molecule is COc1cc(N(CCNC(=O)CC(C)C)S(C)(=O)=O)cc(OC)c1OC. The van der Waals surface area contributed by atoms with Crippen molar-refractivity contribution < 1.29 is 27.4 Å². The molecule has 26 heavy (non-hydrogen) atoms. The average Bonchev–Trinajstić information content (AvgIpc) is 2.55. The molecule has 148 valence electrons. The van der Waals surface area contributed by atoms with Crippen LogP contribution in [0, 0.1) is 5.92 Å². The monoisotopic (exact) mass is 388 g/mol. The summed E-state index contributed by atoms with van der Waals surface area (Å²) in [6, 6.07) is 3.11. The molecule has 0 heterocycles. The number of sulfonamides is 1. The molecule has 1 amide bonds. The molecule has 0 aliphatic rings. The van der Waals surface area contributed by atoms with Gasteiger partial charge in [0.15, 0.2) is 11.5 Å². The van der Waals surface area contributed by atoms with E-state index < -0.39 is 10.0 Å². The molecule has 0 radical (unpaired) electrons. The van der Waals surface area contributed by atoms with Crippen LogP contribution in [0.5, 0.6) is 17.2 Å². The van der Waals surface area contributed by atoms with Crippen LogP contribution in [0.25, 0.3) is 0 Å². The van der Waals surface area contributed by atoms with Crippen molar-refractivity contribution in [3.63, 3.8) is 0 Å². The van der Waals surface area contributed by atoms with E-state index >= 15 is 0 Å². The summed E-state index contributed by atoms with van der Waals surface area (Å²) in [7, 11) is 0.805. The Balaban J connectivity index is 3.09. The minimum Gasteiger partial charge on any atom is -0.493 e. The molecule has 0 saturated heterocycles. The maximum absolute atomic E-state index is 12.2. The number of methoxy groups -OCH3 is 3. The van der Waals surface area contributed by atoms with Crippen LogP contribution < -0.4 is 23.8 Å². The molecule has 0 bridgehead atoms. The van der Waals surface area contributed by atoms with E-state index in [0.717, 1.165) is 6.26 Å². The van der Waals surface area contributed by atoms with Crippen molar-refractivity contribution in [3.8, 4) is 17.2 Å². The molecule has 0 spiro atoms. The predicted molar refractivity (Wildman–Crippen MR) is 101 cm³/mol. The van der Waals surface area contributed by atoms with E-state index in [2.05, 4.69) is 5.32 Å². The standard InChI is InChI=1S/C17H28N2O6S/c1-12(2)9-16(20)18-7-8-19(26(6,21)22)13-10-14(23-3)17(25-5)15(11-13)24-4/h10-12H,7-9H2,1-6H3,(H,18,20). The Kier molecular flexibility index (Phi) is 8.01. The number of amides is 1. The lowest BCUT2D eigenvalue weighted by Crippen LogP contribution is -2.38. The Bertz CT molecular complexity index is 693. The van der Waals surface area contributed by atoms with Crippen molar-refractivity contribution >= 4 is 21.6 Å². The van der Waals surface area contributed by atoms with Crippen molar-refractivity contribution in [3.05, 3.63) is 12.1 Å². The lowest BCUT2D eigenvalue weighted by molar-refractivity contribution is -0.121. The number of carbonyl (C=O) groups is 1. The number of hydrogen-bond donors (Lipinski definition) is 1. The first-order valence-corrected chi connectivity index (χ1v) is 10.0. The molecular weight excluding hydrogens is 360 g/mol. The predicted octanol–water partition coefficient (Wildman–Crippen LogP) is 1.64. The zero-order valence-corrected chi connectivity index (χ0v) is 17.0. The van der Waals surface area contributed by atoms with Gasteiger partial charge in [0.2, 0.25) is 21.7 Å². The molecule has 0 fully saturated rings. The molecule has 0 atom stereocenters. The molecule has 1 rings (SSSR count). The van der Waals surface area contributed by atoms with Crippen LogP contribution in [-0.4, -0.2) is 55.0 Å². The minimum atomic E-state index is -3.58. The molecule has 0 aliphatic carbocycles. The normalized spacial score (nSPS) is 11.2. The summed E-state index contributed by atoms with van der Waals surface area (Å²) in [5.41, 5.74) is 0.361. The highest BCUT2D eigenvalue weighted by Crippen LogP contribution is 2.41. The van der Waals surface area contributed by atoms with Gasteiger partial charge >= 0.3 is 0 Å². The highest BCUT2D eigenvalue weighted by Gasteiger charge is 2.22. The first-order chi connectivity index (χ1) is 12.1. The van der Waals surface area contributed by atoms with Gasteiger partial charge in [0.25, 0.3) is 0 Å². The first-order valence-electron chi connectivity index (χ1n) is 8.18. The zero-order chi connectivity index (χ0) is 19.9. The largest absolute Gasteiger partial charge is 0.493 e. The summed E-state index contributed by atoms with van der Waals surface area (Å²) in [5.74, 6) is 1.19. The number of carbonyl (C=O) groups excluding carboxylic acids is 1. The van der Waals surface area contributed by atoms with Gasteiger partial charge in [0.05, 0.1) is 39.8 Å². The first kappa shape index (κ1) is 21.9. The van der Waals surface area contributed by atoms with Gasteiger partial charge in [0.1, 0.15) is 0 Å². The number of benzene rings is 1. The Morgan fingerprint density at radius 2 is 1.65 bits per heavy atom. The lowest BCUT2D eigenvalue weighted by atomic mass is 10.1. The van der Waals surface area contributed by atoms with Crippen molar-refractivity contribution in [1.82, 2.24) is 5.32 Å². The van der Waals surface area contributed by atoms with Gasteiger partial charge in [-0.15, -0.1) is 0 Å². The molecule has 9 heteroatoms. The van der Waals surface area contributed by atoms with E-state index in [9.17, 15) is 13.2 Å². The average molecular weight is 388 g/mol.